The van der Waals surface area contributed by atoms with E-state index in [4.69, 9.17) is 15.6 Å². The summed E-state index contributed by atoms with van der Waals surface area (Å²) in [7, 11) is 0. The first-order valence-electron chi connectivity index (χ1n) is 4.30. The van der Waals surface area contributed by atoms with Gasteiger partial charge >= 0.3 is 0 Å². The molecule has 0 bridgehead atoms. The SMILES string of the molecule is CC(O)COc1cccc(C(N)=O)c1. The van der Waals surface area contributed by atoms with E-state index in [9.17, 15) is 4.79 Å². The first kappa shape index (κ1) is 10.5. The van der Waals surface area contributed by atoms with Gasteiger partial charge in [0.15, 0.2) is 0 Å². The molecule has 0 aliphatic carbocycles. The second kappa shape index (κ2) is 4.62. The third-order valence-electron chi connectivity index (χ3n) is 1.61. The number of hydrogen-bond donors (Lipinski definition) is 2. The molecule has 0 aliphatic heterocycles. The van der Waals surface area contributed by atoms with E-state index in [0.29, 0.717) is 11.3 Å². The van der Waals surface area contributed by atoms with Crippen LogP contribution in [0.4, 0.5) is 0 Å². The Morgan fingerprint density at radius 3 is 2.93 bits per heavy atom. The van der Waals surface area contributed by atoms with Crippen molar-refractivity contribution in [2.24, 2.45) is 5.73 Å². The molecule has 0 fully saturated rings. The topological polar surface area (TPSA) is 72.6 Å². The van der Waals surface area contributed by atoms with Crippen LogP contribution in [0.3, 0.4) is 0 Å². The minimum atomic E-state index is -0.535. The molecule has 3 N–H and O–H groups in total. The first-order valence-corrected chi connectivity index (χ1v) is 4.30. The Balaban J connectivity index is 2.69. The number of ether oxygens (including phenoxy) is 1. The number of carbonyl (C=O) groups is 1. The minimum Gasteiger partial charge on any atom is -0.491 e. The highest BCUT2D eigenvalue weighted by atomic mass is 16.5. The molecule has 0 saturated heterocycles. The zero-order valence-corrected chi connectivity index (χ0v) is 7.93. The third-order valence-corrected chi connectivity index (χ3v) is 1.61. The molecule has 4 nitrogen and oxygen atoms in total. The van der Waals surface area contributed by atoms with E-state index in [-0.39, 0.29) is 6.61 Å². The van der Waals surface area contributed by atoms with Gasteiger partial charge in [-0.05, 0) is 25.1 Å². The van der Waals surface area contributed by atoms with Crippen LogP contribution in [0.5, 0.6) is 5.75 Å². The summed E-state index contributed by atoms with van der Waals surface area (Å²) in [5, 5.41) is 8.98. The smallest absolute Gasteiger partial charge is 0.248 e. The normalized spacial score (nSPS) is 12.1. The lowest BCUT2D eigenvalue weighted by molar-refractivity contribution is 0.0999. The summed E-state index contributed by atoms with van der Waals surface area (Å²) in [6, 6.07) is 6.54. The fraction of sp³-hybridized carbons (Fsp3) is 0.300. The second-order valence-electron chi connectivity index (χ2n) is 3.05. The quantitative estimate of drug-likeness (QED) is 0.736. The summed E-state index contributed by atoms with van der Waals surface area (Å²) in [5.74, 6) is 0.0368. The van der Waals surface area contributed by atoms with Crippen molar-refractivity contribution >= 4 is 5.91 Å². The number of hydrogen-bond acceptors (Lipinski definition) is 3. The lowest BCUT2D eigenvalue weighted by atomic mass is 10.2. The van der Waals surface area contributed by atoms with Crippen molar-refractivity contribution in [3.63, 3.8) is 0 Å². The maximum Gasteiger partial charge on any atom is 0.248 e. The summed E-state index contributed by atoms with van der Waals surface area (Å²) in [6.45, 7) is 1.82. The molecule has 1 rings (SSSR count). The number of nitrogens with two attached hydrogens (primary N) is 1. The Hall–Kier alpha value is -1.55. The number of carbonyl (C=O) groups excluding carboxylic acids is 1. The summed E-state index contributed by atoms with van der Waals surface area (Å²) < 4.78 is 5.20. The van der Waals surface area contributed by atoms with Crippen LogP contribution in [0.1, 0.15) is 17.3 Å². The molecule has 0 aromatic heterocycles. The van der Waals surface area contributed by atoms with E-state index in [1.54, 1.807) is 31.2 Å². The van der Waals surface area contributed by atoms with Crippen LogP contribution in [0, 0.1) is 0 Å². The van der Waals surface area contributed by atoms with E-state index in [2.05, 4.69) is 0 Å². The van der Waals surface area contributed by atoms with E-state index < -0.39 is 12.0 Å². The van der Waals surface area contributed by atoms with E-state index >= 15 is 0 Å². The Morgan fingerprint density at radius 2 is 2.36 bits per heavy atom. The highest BCUT2D eigenvalue weighted by molar-refractivity contribution is 5.93. The zero-order chi connectivity index (χ0) is 10.6. The van der Waals surface area contributed by atoms with Gasteiger partial charge in [0.2, 0.25) is 5.91 Å². The molecule has 4 heteroatoms. The van der Waals surface area contributed by atoms with E-state index in [0.717, 1.165) is 0 Å². The third kappa shape index (κ3) is 3.06. The molecule has 0 radical (unpaired) electrons. The molecule has 14 heavy (non-hydrogen) atoms. The van der Waals surface area contributed by atoms with Crippen LogP contribution in [0.2, 0.25) is 0 Å². The standard InChI is InChI=1S/C10H13NO3/c1-7(12)6-14-9-4-2-3-8(5-9)10(11)13/h2-5,7,12H,6H2,1H3,(H2,11,13). The number of benzene rings is 1. The maximum atomic E-state index is 10.8. The molecule has 0 spiro atoms. The molecule has 1 amide bonds. The Kier molecular flexibility index (Phi) is 3.48. The van der Waals surface area contributed by atoms with Gasteiger partial charge < -0.3 is 15.6 Å². The Bertz CT molecular complexity index is 323. The van der Waals surface area contributed by atoms with Crippen molar-refractivity contribution in [3.8, 4) is 5.75 Å². The maximum absolute atomic E-state index is 10.8. The fourth-order valence-electron chi connectivity index (χ4n) is 0.956. The highest BCUT2D eigenvalue weighted by Crippen LogP contribution is 2.12. The molecule has 76 valence electrons. The molecule has 0 heterocycles. The average Bonchev–Trinajstić information content (AvgIpc) is 2.15. The van der Waals surface area contributed by atoms with Gasteiger partial charge in [-0.25, -0.2) is 0 Å². The van der Waals surface area contributed by atoms with E-state index in [1.165, 1.54) is 0 Å². The average molecular weight is 195 g/mol. The van der Waals surface area contributed by atoms with Crippen molar-refractivity contribution in [1.82, 2.24) is 0 Å². The zero-order valence-electron chi connectivity index (χ0n) is 7.93. The summed E-state index contributed by atoms with van der Waals surface area (Å²) in [4.78, 5) is 10.8. The molecule has 1 unspecified atom stereocenters. The molecule has 0 saturated carbocycles. The summed E-state index contributed by atoms with van der Waals surface area (Å²) in [6.07, 6.45) is -0.535. The molecule has 1 atom stereocenters. The fourth-order valence-corrected chi connectivity index (χ4v) is 0.956. The highest BCUT2D eigenvalue weighted by Gasteiger charge is 2.02. The predicted octanol–water partition coefficient (Wildman–Crippen LogP) is 0.545. The number of aliphatic hydroxyl groups is 1. The lowest BCUT2D eigenvalue weighted by Crippen LogP contribution is -2.14. The largest absolute Gasteiger partial charge is 0.491 e. The first-order chi connectivity index (χ1) is 6.59. The number of rotatable bonds is 4. The summed E-state index contributed by atoms with van der Waals surface area (Å²) in [5.41, 5.74) is 5.49. The predicted molar refractivity (Wildman–Crippen MR) is 52.1 cm³/mol. The Labute approximate surface area is 82.3 Å². The van der Waals surface area contributed by atoms with E-state index in [1.807, 2.05) is 0 Å². The minimum absolute atomic E-state index is 0.197. The van der Waals surface area contributed by atoms with Crippen LogP contribution in [-0.2, 0) is 0 Å². The van der Waals surface area contributed by atoms with Crippen LogP contribution in [-0.4, -0.2) is 23.7 Å². The van der Waals surface area contributed by atoms with Crippen LogP contribution in [0.25, 0.3) is 0 Å². The van der Waals surface area contributed by atoms with Gasteiger partial charge in [-0.1, -0.05) is 6.07 Å². The molecule has 1 aromatic rings. The van der Waals surface area contributed by atoms with Gasteiger partial charge in [0.05, 0.1) is 6.10 Å². The monoisotopic (exact) mass is 195 g/mol. The number of amides is 1. The molecular formula is C10H13NO3. The van der Waals surface area contributed by atoms with Gasteiger partial charge in [0.25, 0.3) is 0 Å². The molecule has 1 aromatic carbocycles. The Morgan fingerprint density at radius 1 is 1.64 bits per heavy atom. The number of primary amides is 1. The van der Waals surface area contributed by atoms with Gasteiger partial charge in [-0.2, -0.15) is 0 Å². The van der Waals surface area contributed by atoms with Gasteiger partial charge in [0, 0.05) is 5.56 Å². The van der Waals surface area contributed by atoms with Crippen molar-refractivity contribution in [3.05, 3.63) is 29.8 Å². The van der Waals surface area contributed by atoms with Crippen molar-refractivity contribution in [2.75, 3.05) is 6.61 Å². The van der Waals surface area contributed by atoms with Crippen LogP contribution in [0.15, 0.2) is 24.3 Å². The van der Waals surface area contributed by atoms with Crippen molar-refractivity contribution in [1.29, 1.82) is 0 Å². The van der Waals surface area contributed by atoms with Crippen LogP contribution >= 0.6 is 0 Å². The lowest BCUT2D eigenvalue weighted by Gasteiger charge is -2.08. The van der Waals surface area contributed by atoms with Crippen molar-refractivity contribution in [2.45, 2.75) is 13.0 Å². The summed E-state index contributed by atoms with van der Waals surface area (Å²) >= 11 is 0. The van der Waals surface area contributed by atoms with Gasteiger partial charge in [0.1, 0.15) is 12.4 Å². The van der Waals surface area contributed by atoms with Crippen LogP contribution < -0.4 is 10.5 Å². The van der Waals surface area contributed by atoms with Crippen molar-refractivity contribution < 1.29 is 14.6 Å². The number of aliphatic hydroxyl groups excluding tert-OH is 1. The second-order valence-corrected chi connectivity index (χ2v) is 3.05. The molecular weight excluding hydrogens is 182 g/mol. The van der Waals surface area contributed by atoms with Gasteiger partial charge in [-0.3, -0.25) is 4.79 Å². The van der Waals surface area contributed by atoms with Gasteiger partial charge in [-0.15, -0.1) is 0 Å². The molecule has 0 aliphatic rings.